The third-order valence-electron chi connectivity index (χ3n) is 3.54. The smallest absolute Gasteiger partial charge is 0.255 e. The number of aromatic hydroxyl groups is 1. The molecule has 0 saturated carbocycles. The van der Waals surface area contributed by atoms with E-state index in [-0.39, 0.29) is 23.3 Å². The van der Waals surface area contributed by atoms with Gasteiger partial charge >= 0.3 is 0 Å². The summed E-state index contributed by atoms with van der Waals surface area (Å²) in [6.45, 7) is 4.31. The molecule has 2 rings (SSSR count). The number of halogens is 1. The summed E-state index contributed by atoms with van der Waals surface area (Å²) in [7, 11) is 1.57. The van der Waals surface area contributed by atoms with Crippen molar-refractivity contribution in [2.24, 2.45) is 0 Å². The van der Waals surface area contributed by atoms with Crippen molar-refractivity contribution in [3.05, 3.63) is 52.0 Å². The molecule has 0 aromatic heterocycles. The molecular weight excluding hydrogens is 374 g/mol. The van der Waals surface area contributed by atoms with Crippen LogP contribution >= 0.6 is 15.9 Å². The zero-order valence-corrected chi connectivity index (χ0v) is 15.4. The number of carbonyl (C=O) groups is 1. The second kappa shape index (κ2) is 8.06. The third kappa shape index (κ3) is 4.20. The van der Waals surface area contributed by atoms with Crippen LogP contribution in [0.4, 0.5) is 0 Å². The number of phenols is 1. The quantitative estimate of drug-likeness (QED) is 0.776. The highest BCUT2D eigenvalue weighted by molar-refractivity contribution is 9.10. The van der Waals surface area contributed by atoms with Crippen LogP contribution in [0, 0.1) is 0 Å². The lowest BCUT2D eigenvalue weighted by Crippen LogP contribution is -2.26. The van der Waals surface area contributed by atoms with Crippen LogP contribution in [0.2, 0.25) is 0 Å². The molecule has 2 N–H and O–H groups in total. The molecule has 128 valence electrons. The second-order valence-corrected chi connectivity index (χ2v) is 6.12. The Morgan fingerprint density at radius 3 is 2.67 bits per heavy atom. The maximum atomic E-state index is 12.4. The van der Waals surface area contributed by atoms with Crippen molar-refractivity contribution in [3.63, 3.8) is 0 Å². The molecule has 2 aromatic rings. The minimum Gasteiger partial charge on any atom is -0.507 e. The monoisotopic (exact) mass is 393 g/mol. The molecular formula is C18H20BrNO4. The highest BCUT2D eigenvalue weighted by Gasteiger charge is 2.16. The van der Waals surface area contributed by atoms with Gasteiger partial charge in [-0.05, 0) is 49.7 Å². The van der Waals surface area contributed by atoms with Gasteiger partial charge in [-0.1, -0.05) is 22.0 Å². The summed E-state index contributed by atoms with van der Waals surface area (Å²) >= 11 is 3.30. The van der Waals surface area contributed by atoms with Crippen molar-refractivity contribution < 1.29 is 19.4 Å². The van der Waals surface area contributed by atoms with Crippen molar-refractivity contribution in [2.75, 3.05) is 13.7 Å². The van der Waals surface area contributed by atoms with Crippen LogP contribution in [-0.4, -0.2) is 24.7 Å². The number of amides is 1. The normalized spacial score (nSPS) is 11.7. The van der Waals surface area contributed by atoms with Gasteiger partial charge in [0.25, 0.3) is 5.91 Å². The molecule has 0 radical (unpaired) electrons. The number of hydrogen-bond donors (Lipinski definition) is 2. The fraction of sp³-hybridized carbons (Fsp3) is 0.278. The first-order valence-electron chi connectivity index (χ1n) is 7.56. The molecule has 0 fully saturated rings. The van der Waals surface area contributed by atoms with Crippen LogP contribution in [-0.2, 0) is 0 Å². The Kier molecular flexibility index (Phi) is 6.09. The van der Waals surface area contributed by atoms with Gasteiger partial charge in [-0.2, -0.15) is 0 Å². The summed E-state index contributed by atoms with van der Waals surface area (Å²) in [6, 6.07) is 9.99. The highest BCUT2D eigenvalue weighted by atomic mass is 79.9. The zero-order valence-electron chi connectivity index (χ0n) is 13.8. The van der Waals surface area contributed by atoms with Crippen LogP contribution in [0.1, 0.15) is 35.8 Å². The molecule has 0 saturated heterocycles. The summed E-state index contributed by atoms with van der Waals surface area (Å²) in [5, 5.41) is 12.7. The minimum atomic E-state index is -0.353. The molecule has 5 nitrogen and oxygen atoms in total. The first kappa shape index (κ1) is 18.1. The van der Waals surface area contributed by atoms with E-state index in [9.17, 15) is 9.90 Å². The number of ether oxygens (including phenoxy) is 2. The minimum absolute atomic E-state index is 0.0628. The zero-order chi connectivity index (χ0) is 17.7. The van der Waals surface area contributed by atoms with E-state index in [0.717, 1.165) is 10.0 Å². The van der Waals surface area contributed by atoms with Crippen molar-refractivity contribution in [2.45, 2.75) is 19.9 Å². The average Bonchev–Trinajstić information content (AvgIpc) is 2.57. The topological polar surface area (TPSA) is 67.8 Å². The molecule has 0 heterocycles. The Balaban J connectivity index is 2.18. The Hall–Kier alpha value is -2.21. The van der Waals surface area contributed by atoms with Crippen molar-refractivity contribution in [1.29, 1.82) is 0 Å². The number of methoxy groups -OCH3 is 1. The van der Waals surface area contributed by atoms with E-state index >= 15 is 0 Å². The molecule has 6 heteroatoms. The van der Waals surface area contributed by atoms with Gasteiger partial charge < -0.3 is 19.9 Å². The number of carbonyl (C=O) groups excluding carboxylic acids is 1. The lowest BCUT2D eigenvalue weighted by molar-refractivity contribution is 0.0937. The van der Waals surface area contributed by atoms with Crippen molar-refractivity contribution >= 4 is 21.8 Å². The highest BCUT2D eigenvalue weighted by Crippen LogP contribution is 2.30. The van der Waals surface area contributed by atoms with Crippen molar-refractivity contribution in [1.82, 2.24) is 5.32 Å². The third-order valence-corrected chi connectivity index (χ3v) is 4.03. The summed E-state index contributed by atoms with van der Waals surface area (Å²) in [5.74, 6) is 0.856. The Labute approximate surface area is 149 Å². The second-order valence-electron chi connectivity index (χ2n) is 5.20. The van der Waals surface area contributed by atoms with E-state index in [0.29, 0.717) is 18.1 Å². The number of benzene rings is 2. The van der Waals surface area contributed by atoms with Gasteiger partial charge in [0.2, 0.25) is 0 Å². The summed E-state index contributed by atoms with van der Waals surface area (Å²) in [5.41, 5.74) is 1.09. The predicted molar refractivity (Wildman–Crippen MR) is 95.9 cm³/mol. The van der Waals surface area contributed by atoms with E-state index in [1.807, 2.05) is 32.0 Å². The summed E-state index contributed by atoms with van der Waals surface area (Å²) < 4.78 is 11.5. The Bertz CT molecular complexity index is 733. The molecule has 0 bridgehead atoms. The van der Waals surface area contributed by atoms with Gasteiger partial charge in [-0.25, -0.2) is 0 Å². The van der Waals surface area contributed by atoms with Crippen molar-refractivity contribution in [3.8, 4) is 17.2 Å². The molecule has 1 atom stereocenters. The van der Waals surface area contributed by atoms with Crippen LogP contribution in [0.15, 0.2) is 40.9 Å². The van der Waals surface area contributed by atoms with Gasteiger partial charge in [0, 0.05) is 4.47 Å². The molecule has 1 unspecified atom stereocenters. The molecule has 0 spiro atoms. The van der Waals surface area contributed by atoms with Gasteiger partial charge in [0.15, 0.2) is 11.5 Å². The van der Waals surface area contributed by atoms with Crippen LogP contribution in [0.3, 0.4) is 0 Å². The van der Waals surface area contributed by atoms with Crippen LogP contribution in [0.25, 0.3) is 0 Å². The molecule has 0 aliphatic rings. The van der Waals surface area contributed by atoms with E-state index < -0.39 is 0 Å². The first-order chi connectivity index (χ1) is 11.5. The van der Waals surface area contributed by atoms with E-state index in [1.54, 1.807) is 19.2 Å². The molecule has 0 aliphatic heterocycles. The van der Waals surface area contributed by atoms with Gasteiger partial charge in [0.1, 0.15) is 5.75 Å². The lowest BCUT2D eigenvalue weighted by atomic mass is 10.1. The largest absolute Gasteiger partial charge is 0.507 e. The maximum absolute atomic E-state index is 12.4. The van der Waals surface area contributed by atoms with Gasteiger partial charge in [0.05, 0.1) is 25.3 Å². The molecule has 24 heavy (non-hydrogen) atoms. The number of rotatable bonds is 6. The van der Waals surface area contributed by atoms with Gasteiger partial charge in [-0.3, -0.25) is 4.79 Å². The molecule has 2 aromatic carbocycles. The number of hydrogen-bond acceptors (Lipinski definition) is 4. The Morgan fingerprint density at radius 1 is 1.25 bits per heavy atom. The summed E-state index contributed by atoms with van der Waals surface area (Å²) in [4.78, 5) is 12.4. The Morgan fingerprint density at radius 2 is 2.00 bits per heavy atom. The summed E-state index contributed by atoms with van der Waals surface area (Å²) in [6.07, 6.45) is 0. The van der Waals surface area contributed by atoms with E-state index in [4.69, 9.17) is 9.47 Å². The lowest BCUT2D eigenvalue weighted by Gasteiger charge is -2.17. The van der Waals surface area contributed by atoms with E-state index in [2.05, 4.69) is 21.2 Å². The number of nitrogens with one attached hydrogen (secondary N) is 1. The van der Waals surface area contributed by atoms with Crippen LogP contribution in [0.5, 0.6) is 17.2 Å². The SMILES string of the molecule is CCOc1ccc(C(C)NC(=O)c2cc(Br)ccc2O)cc1OC. The van der Waals surface area contributed by atoms with E-state index in [1.165, 1.54) is 6.07 Å². The first-order valence-corrected chi connectivity index (χ1v) is 8.35. The average molecular weight is 394 g/mol. The van der Waals surface area contributed by atoms with Crippen LogP contribution < -0.4 is 14.8 Å². The molecule has 1 amide bonds. The maximum Gasteiger partial charge on any atom is 0.255 e. The molecule has 0 aliphatic carbocycles. The fourth-order valence-corrected chi connectivity index (χ4v) is 2.64. The predicted octanol–water partition coefficient (Wildman–Crippen LogP) is 4.05. The van der Waals surface area contributed by atoms with Gasteiger partial charge in [-0.15, -0.1) is 0 Å². The standard InChI is InChI=1S/C18H20BrNO4/c1-4-24-16-8-5-12(9-17(16)23-3)11(2)20-18(22)14-10-13(19)6-7-15(14)21/h5-11,21H,4H2,1-3H3,(H,20,22). The number of phenolic OH excluding ortho intramolecular Hbond substituents is 1. The fourth-order valence-electron chi connectivity index (χ4n) is 2.28.